The van der Waals surface area contributed by atoms with Gasteiger partial charge >= 0.3 is 6.09 Å². The molecule has 1 aliphatic heterocycles. The topological polar surface area (TPSA) is 78.9 Å². The molecule has 1 saturated heterocycles. The average Bonchev–Trinajstić information content (AvgIpc) is 2.67. The Bertz CT molecular complexity index is 339. The van der Waals surface area contributed by atoms with Crippen LogP contribution in [0.1, 0.15) is 40.0 Å². The molecule has 1 atom stereocenters. The Morgan fingerprint density at radius 3 is 2.70 bits per heavy atom. The number of aliphatic hydroxyl groups is 1. The van der Waals surface area contributed by atoms with Crippen molar-refractivity contribution in [2.24, 2.45) is 5.92 Å². The van der Waals surface area contributed by atoms with Gasteiger partial charge < -0.3 is 20.1 Å². The minimum absolute atomic E-state index is 0.0719. The molecule has 1 fully saturated rings. The van der Waals surface area contributed by atoms with Gasteiger partial charge in [0.1, 0.15) is 5.60 Å². The molecule has 6 nitrogen and oxygen atoms in total. The van der Waals surface area contributed by atoms with Crippen LogP contribution in [0, 0.1) is 5.92 Å². The summed E-state index contributed by atoms with van der Waals surface area (Å²) < 4.78 is 5.12. The summed E-state index contributed by atoms with van der Waals surface area (Å²) in [5.41, 5.74) is -0.481. The van der Waals surface area contributed by atoms with Gasteiger partial charge in [-0.15, -0.1) is 0 Å². The second kappa shape index (κ2) is 7.47. The zero-order chi connectivity index (χ0) is 15.2. The van der Waals surface area contributed by atoms with Crippen molar-refractivity contribution >= 4 is 12.0 Å². The minimum atomic E-state index is -0.481. The van der Waals surface area contributed by atoms with Gasteiger partial charge in [0.15, 0.2) is 0 Å². The van der Waals surface area contributed by atoms with Crippen molar-refractivity contribution in [3.8, 4) is 0 Å². The second-order valence-corrected chi connectivity index (χ2v) is 6.23. The van der Waals surface area contributed by atoms with E-state index in [1.165, 1.54) is 0 Å². The SMILES string of the molecule is CC(C)(C)OC(=O)NCCCCN1CC(CO)CC1=O. The van der Waals surface area contributed by atoms with Gasteiger partial charge in [-0.3, -0.25) is 4.79 Å². The normalized spacial score (nSPS) is 19.3. The summed E-state index contributed by atoms with van der Waals surface area (Å²) in [6.45, 7) is 7.42. The van der Waals surface area contributed by atoms with E-state index in [-0.39, 0.29) is 18.4 Å². The van der Waals surface area contributed by atoms with Crippen LogP contribution in [0.3, 0.4) is 0 Å². The van der Waals surface area contributed by atoms with E-state index < -0.39 is 11.7 Å². The number of carbonyl (C=O) groups is 2. The number of carbonyl (C=O) groups excluding carboxylic acids is 2. The number of hydrogen-bond acceptors (Lipinski definition) is 4. The van der Waals surface area contributed by atoms with Crippen molar-refractivity contribution < 1.29 is 19.4 Å². The number of hydrogen-bond donors (Lipinski definition) is 2. The molecule has 1 aliphatic rings. The fourth-order valence-electron chi connectivity index (χ4n) is 2.12. The molecule has 1 rings (SSSR count). The van der Waals surface area contributed by atoms with Crippen molar-refractivity contribution in [3.63, 3.8) is 0 Å². The maximum absolute atomic E-state index is 11.6. The van der Waals surface area contributed by atoms with E-state index in [2.05, 4.69) is 5.32 Å². The van der Waals surface area contributed by atoms with Gasteiger partial charge in [-0.05, 0) is 33.6 Å². The minimum Gasteiger partial charge on any atom is -0.444 e. The highest BCUT2D eigenvalue weighted by Crippen LogP contribution is 2.17. The molecule has 0 saturated carbocycles. The molecule has 0 bridgehead atoms. The zero-order valence-electron chi connectivity index (χ0n) is 12.6. The molecule has 0 aromatic carbocycles. The van der Waals surface area contributed by atoms with E-state index in [4.69, 9.17) is 9.84 Å². The number of amides is 2. The smallest absolute Gasteiger partial charge is 0.407 e. The van der Waals surface area contributed by atoms with Crippen LogP contribution in [0.5, 0.6) is 0 Å². The maximum Gasteiger partial charge on any atom is 0.407 e. The molecule has 1 unspecified atom stereocenters. The standard InChI is InChI=1S/C14H26N2O4/c1-14(2,3)20-13(19)15-6-4-5-7-16-9-11(10-17)8-12(16)18/h11,17H,4-10H2,1-3H3,(H,15,19). The summed E-state index contributed by atoms with van der Waals surface area (Å²) in [5, 5.41) is 11.7. The molecular weight excluding hydrogens is 260 g/mol. The molecule has 2 amide bonds. The molecule has 6 heteroatoms. The Hall–Kier alpha value is -1.30. The van der Waals surface area contributed by atoms with Crippen molar-refractivity contribution in [1.29, 1.82) is 0 Å². The lowest BCUT2D eigenvalue weighted by Crippen LogP contribution is -2.33. The number of ether oxygens (including phenoxy) is 1. The van der Waals surface area contributed by atoms with E-state index in [1.807, 2.05) is 20.8 Å². The van der Waals surface area contributed by atoms with Crippen LogP contribution >= 0.6 is 0 Å². The lowest BCUT2D eigenvalue weighted by molar-refractivity contribution is -0.127. The van der Waals surface area contributed by atoms with Gasteiger partial charge in [0.2, 0.25) is 5.91 Å². The Morgan fingerprint density at radius 1 is 1.45 bits per heavy atom. The Morgan fingerprint density at radius 2 is 2.15 bits per heavy atom. The fourth-order valence-corrected chi connectivity index (χ4v) is 2.12. The van der Waals surface area contributed by atoms with Gasteiger partial charge in [0, 0.05) is 38.6 Å². The first-order valence-electron chi connectivity index (χ1n) is 7.17. The Balaban J connectivity index is 2.08. The molecule has 0 aromatic rings. The van der Waals surface area contributed by atoms with Gasteiger partial charge in [-0.25, -0.2) is 4.79 Å². The lowest BCUT2D eigenvalue weighted by Gasteiger charge is -2.20. The summed E-state index contributed by atoms with van der Waals surface area (Å²) in [7, 11) is 0. The van der Waals surface area contributed by atoms with E-state index in [9.17, 15) is 9.59 Å². The number of likely N-dealkylation sites (tertiary alicyclic amines) is 1. The highest BCUT2D eigenvalue weighted by molar-refractivity contribution is 5.78. The Labute approximate surface area is 120 Å². The lowest BCUT2D eigenvalue weighted by atomic mass is 10.1. The quantitative estimate of drug-likeness (QED) is 0.718. The number of nitrogens with zero attached hydrogens (tertiary/aromatic N) is 1. The molecule has 0 spiro atoms. The molecule has 0 aliphatic carbocycles. The number of alkyl carbamates (subject to hydrolysis) is 1. The summed E-state index contributed by atoms with van der Waals surface area (Å²) in [4.78, 5) is 24.8. The highest BCUT2D eigenvalue weighted by Gasteiger charge is 2.28. The first kappa shape index (κ1) is 16.8. The molecular formula is C14H26N2O4. The van der Waals surface area contributed by atoms with Gasteiger partial charge in [-0.2, -0.15) is 0 Å². The highest BCUT2D eigenvalue weighted by atomic mass is 16.6. The van der Waals surface area contributed by atoms with Crippen molar-refractivity contribution in [1.82, 2.24) is 10.2 Å². The first-order chi connectivity index (χ1) is 9.31. The summed E-state index contributed by atoms with van der Waals surface area (Å²) in [6.07, 6.45) is 1.68. The number of nitrogens with one attached hydrogen (secondary N) is 1. The molecule has 116 valence electrons. The zero-order valence-corrected chi connectivity index (χ0v) is 12.6. The molecule has 0 aromatic heterocycles. The van der Waals surface area contributed by atoms with Gasteiger partial charge in [-0.1, -0.05) is 0 Å². The second-order valence-electron chi connectivity index (χ2n) is 6.23. The van der Waals surface area contributed by atoms with Crippen LogP contribution in [0.4, 0.5) is 4.79 Å². The predicted molar refractivity (Wildman–Crippen MR) is 75.2 cm³/mol. The third-order valence-electron chi connectivity index (χ3n) is 3.08. The average molecular weight is 286 g/mol. The van der Waals surface area contributed by atoms with Gasteiger partial charge in [0.25, 0.3) is 0 Å². The van der Waals surface area contributed by atoms with E-state index in [1.54, 1.807) is 4.90 Å². The fraction of sp³-hybridized carbons (Fsp3) is 0.857. The largest absolute Gasteiger partial charge is 0.444 e. The van der Waals surface area contributed by atoms with Crippen LogP contribution in [-0.2, 0) is 9.53 Å². The maximum atomic E-state index is 11.6. The third-order valence-corrected chi connectivity index (χ3v) is 3.08. The monoisotopic (exact) mass is 286 g/mol. The third kappa shape index (κ3) is 6.23. The van der Waals surface area contributed by atoms with Crippen LogP contribution in [-0.4, -0.2) is 53.8 Å². The van der Waals surface area contributed by atoms with Crippen LogP contribution in [0.2, 0.25) is 0 Å². The molecule has 20 heavy (non-hydrogen) atoms. The summed E-state index contributed by atoms with van der Waals surface area (Å²) in [5.74, 6) is 0.200. The number of rotatable bonds is 6. The van der Waals surface area contributed by atoms with Crippen LogP contribution in [0.25, 0.3) is 0 Å². The summed E-state index contributed by atoms with van der Waals surface area (Å²) >= 11 is 0. The van der Waals surface area contributed by atoms with Crippen LogP contribution < -0.4 is 5.32 Å². The predicted octanol–water partition coefficient (Wildman–Crippen LogP) is 1.13. The van der Waals surface area contributed by atoms with E-state index >= 15 is 0 Å². The van der Waals surface area contributed by atoms with Crippen molar-refractivity contribution in [2.75, 3.05) is 26.2 Å². The first-order valence-corrected chi connectivity index (χ1v) is 7.17. The number of aliphatic hydroxyl groups excluding tert-OH is 1. The molecule has 0 radical (unpaired) electrons. The van der Waals surface area contributed by atoms with Crippen LogP contribution in [0.15, 0.2) is 0 Å². The van der Waals surface area contributed by atoms with E-state index in [0.717, 1.165) is 12.8 Å². The molecule has 1 heterocycles. The Kier molecular flexibility index (Phi) is 6.26. The summed E-state index contributed by atoms with van der Waals surface area (Å²) in [6, 6.07) is 0. The van der Waals surface area contributed by atoms with Gasteiger partial charge in [0.05, 0.1) is 0 Å². The van der Waals surface area contributed by atoms with E-state index in [0.29, 0.717) is 26.1 Å². The number of unbranched alkanes of at least 4 members (excludes halogenated alkanes) is 1. The van der Waals surface area contributed by atoms with Crippen molar-refractivity contribution in [3.05, 3.63) is 0 Å². The molecule has 2 N–H and O–H groups in total. The van der Waals surface area contributed by atoms with Crippen molar-refractivity contribution in [2.45, 2.75) is 45.6 Å².